The maximum atomic E-state index is 13.1. The minimum atomic E-state index is -3.71. The molecule has 0 aliphatic carbocycles. The fourth-order valence-corrected chi connectivity index (χ4v) is 5.98. The number of sulfonamides is 1. The molecule has 4 rings (SSSR count). The highest BCUT2D eigenvalue weighted by Crippen LogP contribution is 2.26. The highest BCUT2D eigenvalue weighted by Gasteiger charge is 2.39. The van der Waals surface area contributed by atoms with E-state index in [9.17, 15) is 13.2 Å². The summed E-state index contributed by atoms with van der Waals surface area (Å²) >= 11 is 0. The van der Waals surface area contributed by atoms with E-state index in [1.807, 2.05) is 25.1 Å². The molecule has 0 spiro atoms. The van der Waals surface area contributed by atoms with E-state index in [0.717, 1.165) is 44.0 Å². The SMILES string of the molecule is Cc1ccc(S(=O)(=O)N2CCCC2C(=O)NCc2ccccc2CN2CCOCC2)cc1. The van der Waals surface area contributed by atoms with Crippen molar-refractivity contribution in [3.05, 3.63) is 65.2 Å². The second-order valence-corrected chi connectivity index (χ2v) is 10.4. The molecule has 0 bridgehead atoms. The Morgan fingerprint density at radius 3 is 2.44 bits per heavy atom. The van der Waals surface area contributed by atoms with Crippen LogP contribution in [0.1, 0.15) is 29.5 Å². The number of ether oxygens (including phenoxy) is 1. The van der Waals surface area contributed by atoms with Gasteiger partial charge in [0.15, 0.2) is 0 Å². The Labute approximate surface area is 190 Å². The molecule has 2 heterocycles. The standard InChI is InChI=1S/C24H31N3O4S/c1-19-8-10-22(11-9-19)32(29,30)27-12-4-7-23(27)24(28)25-17-20-5-2-3-6-21(20)18-26-13-15-31-16-14-26/h2-3,5-6,8-11,23H,4,7,12-18H2,1H3,(H,25,28). The van der Waals surface area contributed by atoms with Crippen LogP contribution in [0.15, 0.2) is 53.4 Å². The number of carbonyl (C=O) groups is 1. The van der Waals surface area contributed by atoms with Crippen LogP contribution in [-0.2, 0) is 32.6 Å². The van der Waals surface area contributed by atoms with E-state index in [-0.39, 0.29) is 10.8 Å². The number of amides is 1. The average Bonchev–Trinajstić information content (AvgIpc) is 3.30. The predicted octanol–water partition coefficient (Wildman–Crippen LogP) is 2.30. The molecule has 7 nitrogen and oxygen atoms in total. The Morgan fingerprint density at radius 2 is 1.72 bits per heavy atom. The largest absolute Gasteiger partial charge is 0.379 e. The Hall–Kier alpha value is -2.26. The number of nitrogens with one attached hydrogen (secondary N) is 1. The highest BCUT2D eigenvalue weighted by molar-refractivity contribution is 7.89. The maximum Gasteiger partial charge on any atom is 0.243 e. The first-order valence-corrected chi connectivity index (χ1v) is 12.6. The van der Waals surface area contributed by atoms with Crippen molar-refractivity contribution in [2.75, 3.05) is 32.8 Å². The van der Waals surface area contributed by atoms with Crippen molar-refractivity contribution in [2.24, 2.45) is 0 Å². The highest BCUT2D eigenvalue weighted by atomic mass is 32.2. The zero-order valence-electron chi connectivity index (χ0n) is 18.5. The maximum absolute atomic E-state index is 13.1. The van der Waals surface area contributed by atoms with Gasteiger partial charge in [-0.05, 0) is 43.0 Å². The Kier molecular flexibility index (Phi) is 7.25. The second kappa shape index (κ2) is 10.1. The third-order valence-electron chi connectivity index (χ3n) is 6.20. The van der Waals surface area contributed by atoms with Gasteiger partial charge in [0, 0.05) is 32.7 Å². The fraction of sp³-hybridized carbons (Fsp3) is 0.458. The van der Waals surface area contributed by atoms with Crippen molar-refractivity contribution in [3.8, 4) is 0 Å². The summed E-state index contributed by atoms with van der Waals surface area (Å²) in [5, 5.41) is 2.99. The molecule has 2 aromatic carbocycles. The number of morpholine rings is 1. The smallest absolute Gasteiger partial charge is 0.243 e. The van der Waals surface area contributed by atoms with E-state index in [1.54, 1.807) is 24.3 Å². The Balaban J connectivity index is 1.42. The molecular weight excluding hydrogens is 426 g/mol. The fourth-order valence-electron chi connectivity index (χ4n) is 4.32. The lowest BCUT2D eigenvalue weighted by Crippen LogP contribution is -2.45. The van der Waals surface area contributed by atoms with Crippen LogP contribution in [0.2, 0.25) is 0 Å². The average molecular weight is 458 g/mol. The van der Waals surface area contributed by atoms with E-state index < -0.39 is 16.1 Å². The van der Waals surface area contributed by atoms with Gasteiger partial charge in [-0.3, -0.25) is 9.69 Å². The molecule has 1 amide bonds. The molecule has 2 aliphatic heterocycles. The number of carbonyl (C=O) groups excluding carboxylic acids is 1. The number of rotatable bonds is 7. The zero-order valence-corrected chi connectivity index (χ0v) is 19.3. The van der Waals surface area contributed by atoms with Crippen molar-refractivity contribution >= 4 is 15.9 Å². The number of benzene rings is 2. The summed E-state index contributed by atoms with van der Waals surface area (Å²) in [7, 11) is -3.71. The Morgan fingerprint density at radius 1 is 1.03 bits per heavy atom. The van der Waals surface area contributed by atoms with Crippen LogP contribution in [-0.4, -0.2) is 62.4 Å². The zero-order chi connectivity index (χ0) is 22.6. The summed E-state index contributed by atoms with van der Waals surface area (Å²) in [5.74, 6) is -0.237. The van der Waals surface area contributed by atoms with Crippen LogP contribution < -0.4 is 5.32 Å². The van der Waals surface area contributed by atoms with Crippen LogP contribution in [0, 0.1) is 6.92 Å². The predicted molar refractivity (Wildman–Crippen MR) is 122 cm³/mol. The molecule has 0 saturated carbocycles. The molecule has 32 heavy (non-hydrogen) atoms. The summed E-state index contributed by atoms with van der Waals surface area (Å²) in [6.07, 6.45) is 1.21. The van der Waals surface area contributed by atoms with Crippen molar-refractivity contribution < 1.29 is 17.9 Å². The number of hydrogen-bond donors (Lipinski definition) is 1. The van der Waals surface area contributed by atoms with Crippen molar-refractivity contribution in [3.63, 3.8) is 0 Å². The van der Waals surface area contributed by atoms with Gasteiger partial charge < -0.3 is 10.1 Å². The lowest BCUT2D eigenvalue weighted by molar-refractivity contribution is -0.124. The number of nitrogens with zero attached hydrogens (tertiary/aromatic N) is 2. The van der Waals surface area contributed by atoms with Crippen LogP contribution in [0.5, 0.6) is 0 Å². The van der Waals surface area contributed by atoms with Gasteiger partial charge in [0.2, 0.25) is 15.9 Å². The second-order valence-electron chi connectivity index (χ2n) is 8.46. The van der Waals surface area contributed by atoms with Crippen LogP contribution in [0.25, 0.3) is 0 Å². The molecule has 2 fully saturated rings. The molecule has 2 aromatic rings. The van der Waals surface area contributed by atoms with Crippen LogP contribution in [0.3, 0.4) is 0 Å². The van der Waals surface area contributed by atoms with Gasteiger partial charge >= 0.3 is 0 Å². The monoisotopic (exact) mass is 457 g/mol. The van der Waals surface area contributed by atoms with Crippen LogP contribution in [0.4, 0.5) is 0 Å². The lowest BCUT2D eigenvalue weighted by atomic mass is 10.1. The third kappa shape index (κ3) is 5.20. The van der Waals surface area contributed by atoms with E-state index >= 15 is 0 Å². The van der Waals surface area contributed by atoms with E-state index in [0.29, 0.717) is 25.9 Å². The summed E-state index contributed by atoms with van der Waals surface area (Å²) in [4.78, 5) is 15.6. The van der Waals surface area contributed by atoms with Crippen LogP contribution >= 0.6 is 0 Å². The molecule has 2 saturated heterocycles. The first-order chi connectivity index (χ1) is 15.4. The van der Waals surface area contributed by atoms with Gasteiger partial charge in [-0.15, -0.1) is 0 Å². The number of aryl methyl sites for hydroxylation is 1. The van der Waals surface area contributed by atoms with Crippen molar-refractivity contribution in [1.82, 2.24) is 14.5 Å². The van der Waals surface area contributed by atoms with Gasteiger partial charge in [-0.25, -0.2) is 8.42 Å². The molecular formula is C24H31N3O4S. The first-order valence-electron chi connectivity index (χ1n) is 11.2. The molecule has 2 aliphatic rings. The minimum absolute atomic E-state index is 0.235. The molecule has 8 heteroatoms. The van der Waals surface area contributed by atoms with E-state index in [2.05, 4.69) is 16.3 Å². The third-order valence-corrected chi connectivity index (χ3v) is 8.13. The molecule has 172 valence electrons. The van der Waals surface area contributed by atoms with E-state index in [1.165, 1.54) is 9.87 Å². The molecule has 1 atom stereocenters. The minimum Gasteiger partial charge on any atom is -0.379 e. The quantitative estimate of drug-likeness (QED) is 0.690. The molecule has 0 aromatic heterocycles. The first kappa shape index (κ1) is 22.9. The normalized spacial score (nSPS) is 20.3. The molecule has 0 radical (unpaired) electrons. The van der Waals surface area contributed by atoms with Crippen molar-refractivity contribution in [1.29, 1.82) is 0 Å². The van der Waals surface area contributed by atoms with Crippen molar-refractivity contribution in [2.45, 2.75) is 43.8 Å². The molecule has 1 unspecified atom stereocenters. The van der Waals surface area contributed by atoms with Gasteiger partial charge in [0.1, 0.15) is 6.04 Å². The summed E-state index contributed by atoms with van der Waals surface area (Å²) in [5.41, 5.74) is 3.22. The Bertz CT molecular complexity index is 1030. The topological polar surface area (TPSA) is 79.0 Å². The summed E-state index contributed by atoms with van der Waals surface area (Å²) in [6, 6.07) is 14.2. The van der Waals surface area contributed by atoms with Gasteiger partial charge in [0.25, 0.3) is 0 Å². The van der Waals surface area contributed by atoms with Gasteiger partial charge in [0.05, 0.1) is 18.1 Å². The summed E-state index contributed by atoms with van der Waals surface area (Å²) < 4.78 is 33.1. The number of hydrogen-bond acceptors (Lipinski definition) is 5. The van der Waals surface area contributed by atoms with E-state index in [4.69, 9.17) is 4.74 Å². The summed E-state index contributed by atoms with van der Waals surface area (Å²) in [6.45, 7) is 6.75. The molecule has 1 N–H and O–H groups in total. The van der Waals surface area contributed by atoms with Gasteiger partial charge in [-0.1, -0.05) is 42.0 Å². The van der Waals surface area contributed by atoms with Gasteiger partial charge in [-0.2, -0.15) is 4.31 Å². The lowest BCUT2D eigenvalue weighted by Gasteiger charge is -2.27.